The van der Waals surface area contributed by atoms with Gasteiger partial charge in [0.05, 0.1) is 23.4 Å². The van der Waals surface area contributed by atoms with E-state index in [1.54, 1.807) is 38.4 Å². The van der Waals surface area contributed by atoms with Crippen LogP contribution in [0.25, 0.3) is 27.7 Å². The summed E-state index contributed by atoms with van der Waals surface area (Å²) in [5.41, 5.74) is -0.860. The molecule has 4 heterocycles. The van der Waals surface area contributed by atoms with Crippen LogP contribution in [0, 0.1) is 5.92 Å². The van der Waals surface area contributed by atoms with Gasteiger partial charge in [-0.15, -0.1) is 10.2 Å². The monoisotopic (exact) mass is 453 g/mol. The summed E-state index contributed by atoms with van der Waals surface area (Å²) in [6, 6.07) is 5.20. The Morgan fingerprint density at radius 2 is 2.00 bits per heavy atom. The SMILES string of the molecule is C=C(c1cnc(-c2cc3ccncc3cc2O)nn1)C1C[C@@]2(C)N[C@](C)(CC2(F)F)[C@@H]1OC. The molecule has 3 aromatic rings. The summed E-state index contributed by atoms with van der Waals surface area (Å²) in [5, 5.41) is 23.7. The normalized spacial score (nSPS) is 30.5. The maximum absolute atomic E-state index is 14.9. The number of ether oxygens (including phenoxy) is 1. The van der Waals surface area contributed by atoms with Crippen LogP contribution in [0.3, 0.4) is 0 Å². The van der Waals surface area contributed by atoms with Crippen LogP contribution in [-0.2, 0) is 4.74 Å². The summed E-state index contributed by atoms with van der Waals surface area (Å²) in [6.45, 7) is 7.48. The number of phenols is 1. The zero-order chi connectivity index (χ0) is 23.6. The molecule has 0 saturated carbocycles. The molecule has 172 valence electrons. The number of phenolic OH excluding ortho intramolecular Hbond substituents is 1. The zero-order valence-electron chi connectivity index (χ0n) is 18.6. The summed E-state index contributed by atoms with van der Waals surface area (Å²) < 4.78 is 35.4. The number of halogens is 2. The van der Waals surface area contributed by atoms with Gasteiger partial charge in [-0.2, -0.15) is 0 Å². The number of aromatic nitrogens is 4. The lowest BCUT2D eigenvalue weighted by Crippen LogP contribution is -2.64. The van der Waals surface area contributed by atoms with E-state index in [1.165, 1.54) is 13.3 Å². The second-order valence-corrected chi connectivity index (χ2v) is 9.51. The Labute approximate surface area is 189 Å². The van der Waals surface area contributed by atoms with Crippen LogP contribution in [0.4, 0.5) is 8.78 Å². The Bertz CT molecular complexity index is 1250. The molecule has 4 atom stereocenters. The number of benzene rings is 1. The van der Waals surface area contributed by atoms with Gasteiger partial charge >= 0.3 is 0 Å². The Hall–Kier alpha value is -3.04. The molecular formula is C24H25F2N5O2. The fourth-order valence-electron chi connectivity index (χ4n) is 5.55. The Balaban J connectivity index is 1.46. The first-order valence-electron chi connectivity index (χ1n) is 10.7. The van der Waals surface area contributed by atoms with Crippen LogP contribution in [0.1, 0.15) is 32.4 Å². The van der Waals surface area contributed by atoms with Gasteiger partial charge in [0, 0.05) is 42.8 Å². The predicted molar refractivity (Wildman–Crippen MR) is 120 cm³/mol. The number of pyridine rings is 1. The lowest BCUT2D eigenvalue weighted by Gasteiger charge is -2.47. The molecule has 0 spiro atoms. The summed E-state index contributed by atoms with van der Waals surface area (Å²) in [7, 11) is 1.53. The minimum Gasteiger partial charge on any atom is -0.507 e. The molecule has 2 bridgehead atoms. The largest absolute Gasteiger partial charge is 0.507 e. The average Bonchev–Trinajstić information content (AvgIpc) is 2.92. The van der Waals surface area contributed by atoms with E-state index in [-0.39, 0.29) is 30.3 Å². The third kappa shape index (κ3) is 3.29. The molecule has 2 aliphatic rings. The predicted octanol–water partition coefficient (Wildman–Crippen LogP) is 3.99. The van der Waals surface area contributed by atoms with Crippen molar-refractivity contribution < 1.29 is 18.6 Å². The van der Waals surface area contributed by atoms with Gasteiger partial charge in [0.25, 0.3) is 5.92 Å². The van der Waals surface area contributed by atoms with E-state index in [2.05, 4.69) is 32.1 Å². The number of hydrogen-bond donors (Lipinski definition) is 2. The molecule has 5 rings (SSSR count). The first-order chi connectivity index (χ1) is 15.6. The number of nitrogens with one attached hydrogen (secondary N) is 1. The first-order valence-corrected chi connectivity index (χ1v) is 10.7. The molecule has 2 aromatic heterocycles. The minimum atomic E-state index is -2.87. The number of methoxy groups -OCH3 is 1. The van der Waals surface area contributed by atoms with Gasteiger partial charge in [-0.3, -0.25) is 10.3 Å². The van der Waals surface area contributed by atoms with E-state index >= 15 is 0 Å². The van der Waals surface area contributed by atoms with Crippen molar-refractivity contribution in [3.63, 3.8) is 0 Å². The summed E-state index contributed by atoms with van der Waals surface area (Å²) >= 11 is 0. The second kappa shape index (κ2) is 7.23. The number of piperidine rings is 1. The van der Waals surface area contributed by atoms with Crippen molar-refractivity contribution in [1.82, 2.24) is 25.5 Å². The zero-order valence-corrected chi connectivity index (χ0v) is 18.6. The molecular weight excluding hydrogens is 428 g/mol. The van der Waals surface area contributed by atoms with E-state index in [9.17, 15) is 13.9 Å². The second-order valence-electron chi connectivity index (χ2n) is 9.51. The standard InChI is InChI=1S/C24H25F2N5O2/c1-13(17-9-23(3)24(25,26)12-22(2,31-23)20(17)33-4)18-11-28-21(30-29-18)16-7-14-5-6-27-10-15(14)8-19(16)32/h5-8,10-11,17,20,31-32H,1,9,12H2,2-4H3/t17?,20-,22-,23-/m1/s1. The van der Waals surface area contributed by atoms with Crippen LogP contribution in [-0.4, -0.2) is 55.5 Å². The molecule has 1 aromatic carbocycles. The van der Waals surface area contributed by atoms with E-state index < -0.39 is 23.1 Å². The molecule has 1 unspecified atom stereocenters. The summed E-state index contributed by atoms with van der Waals surface area (Å²) in [6.07, 6.45) is 4.17. The Kier molecular flexibility index (Phi) is 4.77. The minimum absolute atomic E-state index is 0.0151. The third-order valence-electron chi connectivity index (χ3n) is 7.17. The Morgan fingerprint density at radius 1 is 1.21 bits per heavy atom. The molecule has 9 heteroatoms. The van der Waals surface area contributed by atoms with Crippen molar-refractivity contribution in [2.45, 2.75) is 49.8 Å². The quantitative estimate of drug-likeness (QED) is 0.617. The van der Waals surface area contributed by atoms with Crippen molar-refractivity contribution in [3.05, 3.63) is 49.1 Å². The molecule has 2 saturated heterocycles. The van der Waals surface area contributed by atoms with Crippen LogP contribution < -0.4 is 5.32 Å². The van der Waals surface area contributed by atoms with Crippen molar-refractivity contribution in [2.24, 2.45) is 5.92 Å². The summed E-state index contributed by atoms with van der Waals surface area (Å²) in [4.78, 5) is 8.44. The van der Waals surface area contributed by atoms with Gasteiger partial charge in [0.15, 0.2) is 5.82 Å². The highest BCUT2D eigenvalue weighted by Crippen LogP contribution is 2.55. The Morgan fingerprint density at radius 3 is 2.70 bits per heavy atom. The fourth-order valence-corrected chi connectivity index (χ4v) is 5.55. The highest BCUT2D eigenvalue weighted by atomic mass is 19.3. The van der Waals surface area contributed by atoms with Gasteiger partial charge in [0.1, 0.15) is 11.4 Å². The van der Waals surface area contributed by atoms with Gasteiger partial charge < -0.3 is 9.84 Å². The van der Waals surface area contributed by atoms with Gasteiger partial charge in [-0.05, 0) is 49.4 Å². The molecule has 7 nitrogen and oxygen atoms in total. The number of nitrogens with zero attached hydrogens (tertiary/aromatic N) is 4. The van der Waals surface area contributed by atoms with E-state index in [4.69, 9.17) is 4.74 Å². The van der Waals surface area contributed by atoms with E-state index in [0.29, 0.717) is 16.8 Å². The van der Waals surface area contributed by atoms with E-state index in [0.717, 1.165) is 10.8 Å². The number of hydrogen-bond acceptors (Lipinski definition) is 7. The molecule has 2 aliphatic heterocycles. The first kappa shape index (κ1) is 21.8. The van der Waals surface area contributed by atoms with Crippen molar-refractivity contribution in [3.8, 4) is 17.1 Å². The molecule has 0 radical (unpaired) electrons. The topological polar surface area (TPSA) is 93.1 Å². The van der Waals surface area contributed by atoms with Crippen molar-refractivity contribution in [2.75, 3.05) is 7.11 Å². The van der Waals surface area contributed by atoms with Gasteiger partial charge in [-0.25, -0.2) is 13.8 Å². The van der Waals surface area contributed by atoms with Gasteiger partial charge in [0.2, 0.25) is 0 Å². The molecule has 0 aliphatic carbocycles. The van der Waals surface area contributed by atoms with Crippen molar-refractivity contribution in [1.29, 1.82) is 0 Å². The number of alkyl halides is 2. The van der Waals surface area contributed by atoms with Crippen LogP contribution in [0.15, 0.2) is 43.4 Å². The van der Waals surface area contributed by atoms with Crippen LogP contribution >= 0.6 is 0 Å². The highest BCUT2D eigenvalue weighted by Gasteiger charge is 2.68. The lowest BCUT2D eigenvalue weighted by atomic mass is 9.73. The third-order valence-corrected chi connectivity index (χ3v) is 7.17. The highest BCUT2D eigenvalue weighted by molar-refractivity contribution is 5.88. The maximum atomic E-state index is 14.9. The fraction of sp³-hybridized carbons (Fsp3) is 0.417. The number of aromatic hydroxyl groups is 1. The smallest absolute Gasteiger partial charge is 0.267 e. The number of fused-ring (bicyclic) bond motifs is 3. The van der Waals surface area contributed by atoms with Gasteiger partial charge in [-0.1, -0.05) is 6.58 Å². The summed E-state index contributed by atoms with van der Waals surface area (Å²) in [5.74, 6) is -2.99. The maximum Gasteiger partial charge on any atom is 0.267 e. The van der Waals surface area contributed by atoms with Crippen LogP contribution in [0.5, 0.6) is 5.75 Å². The molecule has 2 fully saturated rings. The molecule has 2 N–H and O–H groups in total. The van der Waals surface area contributed by atoms with Crippen molar-refractivity contribution >= 4 is 16.3 Å². The number of rotatable bonds is 4. The lowest BCUT2D eigenvalue weighted by molar-refractivity contribution is -0.0653. The molecule has 33 heavy (non-hydrogen) atoms. The van der Waals surface area contributed by atoms with Crippen LogP contribution in [0.2, 0.25) is 0 Å². The van der Waals surface area contributed by atoms with E-state index in [1.807, 2.05) is 6.07 Å². The molecule has 0 amide bonds. The average molecular weight is 453 g/mol.